The highest BCUT2D eigenvalue weighted by Gasteiger charge is 2.26. The zero-order chi connectivity index (χ0) is 24.5. The maximum absolute atomic E-state index is 13.0. The number of rotatable bonds is 9. The fourth-order valence-corrected chi connectivity index (χ4v) is 4.37. The molecule has 0 aliphatic carbocycles. The number of carbonyl (C=O) groups excluding carboxylic acids is 2. The SMILES string of the molecule is COc1ccc(C(=O)NC(CNC(=O)C2CCN(Cc3cccnc3)CC2)c2ccccc2)cc1. The van der Waals surface area contributed by atoms with Crippen LogP contribution in [0.5, 0.6) is 5.75 Å². The molecule has 1 aromatic heterocycles. The zero-order valence-corrected chi connectivity index (χ0v) is 20.0. The molecule has 2 aromatic carbocycles. The van der Waals surface area contributed by atoms with Crippen LogP contribution in [-0.4, -0.2) is 48.4 Å². The predicted molar refractivity (Wildman–Crippen MR) is 135 cm³/mol. The molecule has 2 amide bonds. The molecule has 35 heavy (non-hydrogen) atoms. The molecule has 3 aromatic rings. The Hall–Kier alpha value is -3.71. The smallest absolute Gasteiger partial charge is 0.251 e. The molecule has 1 atom stereocenters. The molecule has 182 valence electrons. The van der Waals surface area contributed by atoms with E-state index in [4.69, 9.17) is 4.74 Å². The highest BCUT2D eigenvalue weighted by atomic mass is 16.5. The van der Waals surface area contributed by atoms with Gasteiger partial charge in [-0.15, -0.1) is 0 Å². The van der Waals surface area contributed by atoms with Crippen molar-refractivity contribution >= 4 is 11.8 Å². The van der Waals surface area contributed by atoms with Crippen molar-refractivity contribution in [2.45, 2.75) is 25.4 Å². The summed E-state index contributed by atoms with van der Waals surface area (Å²) < 4.78 is 5.17. The topological polar surface area (TPSA) is 83.6 Å². The van der Waals surface area contributed by atoms with Crippen molar-refractivity contribution in [1.29, 1.82) is 0 Å². The number of amides is 2. The fourth-order valence-electron chi connectivity index (χ4n) is 4.37. The monoisotopic (exact) mass is 472 g/mol. The fraction of sp³-hybridized carbons (Fsp3) is 0.321. The van der Waals surface area contributed by atoms with Gasteiger partial charge in [0.15, 0.2) is 0 Å². The Kier molecular flexibility index (Phi) is 8.46. The van der Waals surface area contributed by atoms with E-state index < -0.39 is 0 Å². The van der Waals surface area contributed by atoms with Crippen LogP contribution in [0.2, 0.25) is 0 Å². The van der Waals surface area contributed by atoms with Crippen LogP contribution in [-0.2, 0) is 11.3 Å². The molecule has 1 aliphatic heterocycles. The molecule has 1 aliphatic rings. The maximum atomic E-state index is 13.0. The van der Waals surface area contributed by atoms with E-state index in [1.165, 1.54) is 5.56 Å². The van der Waals surface area contributed by atoms with E-state index in [1.807, 2.05) is 42.6 Å². The van der Waals surface area contributed by atoms with Crippen LogP contribution >= 0.6 is 0 Å². The Morgan fingerprint density at radius 3 is 2.43 bits per heavy atom. The van der Waals surface area contributed by atoms with E-state index in [2.05, 4.69) is 26.6 Å². The molecule has 0 spiro atoms. The molecular weight excluding hydrogens is 440 g/mol. The van der Waals surface area contributed by atoms with Crippen LogP contribution in [0.25, 0.3) is 0 Å². The van der Waals surface area contributed by atoms with Crippen molar-refractivity contribution in [2.75, 3.05) is 26.7 Å². The first-order chi connectivity index (χ1) is 17.1. The molecule has 0 radical (unpaired) electrons. The van der Waals surface area contributed by atoms with Crippen LogP contribution in [0.3, 0.4) is 0 Å². The first-order valence-corrected chi connectivity index (χ1v) is 12.0. The number of likely N-dealkylation sites (tertiary alicyclic amines) is 1. The van der Waals surface area contributed by atoms with Gasteiger partial charge in [-0.05, 0) is 67.4 Å². The Bertz CT molecular complexity index is 1080. The van der Waals surface area contributed by atoms with Gasteiger partial charge in [0.05, 0.1) is 13.2 Å². The second-order valence-electron chi connectivity index (χ2n) is 8.82. The third-order valence-corrected chi connectivity index (χ3v) is 6.43. The number of methoxy groups -OCH3 is 1. The molecule has 2 N–H and O–H groups in total. The summed E-state index contributed by atoms with van der Waals surface area (Å²) in [7, 11) is 1.59. The Morgan fingerprint density at radius 1 is 1.03 bits per heavy atom. The lowest BCUT2D eigenvalue weighted by Crippen LogP contribution is -2.43. The Morgan fingerprint density at radius 2 is 1.77 bits per heavy atom. The van der Waals surface area contributed by atoms with E-state index in [1.54, 1.807) is 37.6 Å². The predicted octanol–water partition coefficient (Wildman–Crippen LogP) is 3.59. The van der Waals surface area contributed by atoms with Crippen molar-refractivity contribution in [3.05, 3.63) is 95.8 Å². The molecule has 1 fully saturated rings. The maximum Gasteiger partial charge on any atom is 0.251 e. The van der Waals surface area contributed by atoms with Gasteiger partial charge in [-0.25, -0.2) is 0 Å². The summed E-state index contributed by atoms with van der Waals surface area (Å²) in [6.07, 6.45) is 5.31. The molecule has 7 heteroatoms. The van der Waals surface area contributed by atoms with Crippen molar-refractivity contribution < 1.29 is 14.3 Å². The molecule has 4 rings (SSSR count). The molecule has 1 unspecified atom stereocenters. The van der Waals surface area contributed by atoms with E-state index in [0.717, 1.165) is 38.0 Å². The van der Waals surface area contributed by atoms with E-state index in [0.29, 0.717) is 17.9 Å². The number of hydrogen-bond acceptors (Lipinski definition) is 5. The van der Waals surface area contributed by atoms with Gasteiger partial charge < -0.3 is 15.4 Å². The average molecular weight is 473 g/mol. The molecule has 0 bridgehead atoms. The lowest BCUT2D eigenvalue weighted by molar-refractivity contribution is -0.126. The number of nitrogens with one attached hydrogen (secondary N) is 2. The summed E-state index contributed by atoms with van der Waals surface area (Å²) in [5.74, 6) is 0.527. The van der Waals surface area contributed by atoms with Crippen LogP contribution in [0, 0.1) is 5.92 Å². The number of piperidine rings is 1. The molecule has 0 saturated carbocycles. The molecule has 2 heterocycles. The number of nitrogens with zero attached hydrogens (tertiary/aromatic N) is 2. The van der Waals surface area contributed by atoms with Gasteiger partial charge >= 0.3 is 0 Å². The van der Waals surface area contributed by atoms with Gasteiger partial charge in [0.1, 0.15) is 5.75 Å². The van der Waals surface area contributed by atoms with Crippen LogP contribution in [0.4, 0.5) is 0 Å². The van der Waals surface area contributed by atoms with Gasteiger partial charge in [-0.1, -0.05) is 36.4 Å². The average Bonchev–Trinajstić information content (AvgIpc) is 2.92. The Balaban J connectivity index is 1.32. The van der Waals surface area contributed by atoms with Crippen LogP contribution < -0.4 is 15.4 Å². The number of ether oxygens (including phenoxy) is 1. The third-order valence-electron chi connectivity index (χ3n) is 6.43. The standard InChI is InChI=1S/C28H32N4O3/c1-35-25-11-9-23(10-12-25)28(34)31-26(22-7-3-2-4-8-22)19-30-27(33)24-13-16-32(17-14-24)20-21-6-5-15-29-18-21/h2-12,15,18,24,26H,13-14,16-17,19-20H2,1H3,(H,30,33)(H,31,34). The number of pyridine rings is 1. The van der Waals surface area contributed by atoms with E-state index in [9.17, 15) is 9.59 Å². The minimum atomic E-state index is -0.333. The van der Waals surface area contributed by atoms with E-state index >= 15 is 0 Å². The summed E-state index contributed by atoms with van der Waals surface area (Å²) in [5, 5.41) is 6.16. The van der Waals surface area contributed by atoms with Gasteiger partial charge in [-0.3, -0.25) is 19.5 Å². The van der Waals surface area contributed by atoms with Gasteiger partial charge in [-0.2, -0.15) is 0 Å². The summed E-state index contributed by atoms with van der Waals surface area (Å²) in [6.45, 7) is 2.95. The minimum Gasteiger partial charge on any atom is -0.497 e. The van der Waals surface area contributed by atoms with Gasteiger partial charge in [0.2, 0.25) is 5.91 Å². The Labute approximate surface area is 206 Å². The summed E-state index contributed by atoms with van der Waals surface area (Å²) in [4.78, 5) is 32.4. The first-order valence-electron chi connectivity index (χ1n) is 12.0. The molecule has 7 nitrogen and oxygen atoms in total. The van der Waals surface area contributed by atoms with Crippen LogP contribution in [0.15, 0.2) is 79.1 Å². The molecular formula is C28H32N4O3. The first kappa shape index (κ1) is 24.4. The van der Waals surface area contributed by atoms with Crippen molar-refractivity contribution in [1.82, 2.24) is 20.5 Å². The quantitative estimate of drug-likeness (QED) is 0.497. The largest absolute Gasteiger partial charge is 0.497 e. The van der Waals surface area contributed by atoms with E-state index in [-0.39, 0.29) is 23.8 Å². The summed E-state index contributed by atoms with van der Waals surface area (Å²) in [6, 6.07) is 20.4. The minimum absolute atomic E-state index is 0.0196. The van der Waals surface area contributed by atoms with Gasteiger partial charge in [0.25, 0.3) is 5.91 Å². The second-order valence-corrected chi connectivity index (χ2v) is 8.82. The van der Waals surface area contributed by atoms with Crippen LogP contribution in [0.1, 0.15) is 40.4 Å². The highest BCUT2D eigenvalue weighted by Crippen LogP contribution is 2.20. The summed E-state index contributed by atoms with van der Waals surface area (Å²) in [5.41, 5.74) is 2.67. The number of hydrogen-bond donors (Lipinski definition) is 2. The molecule has 1 saturated heterocycles. The van der Waals surface area contributed by atoms with Crippen molar-refractivity contribution in [3.63, 3.8) is 0 Å². The van der Waals surface area contributed by atoms with Crippen molar-refractivity contribution in [2.24, 2.45) is 5.92 Å². The third kappa shape index (κ3) is 6.90. The highest BCUT2D eigenvalue weighted by molar-refractivity contribution is 5.94. The second kappa shape index (κ2) is 12.1. The lowest BCUT2D eigenvalue weighted by atomic mass is 9.95. The number of carbonyl (C=O) groups is 2. The number of benzene rings is 2. The van der Waals surface area contributed by atoms with Crippen molar-refractivity contribution in [3.8, 4) is 5.75 Å². The lowest BCUT2D eigenvalue weighted by Gasteiger charge is -2.31. The normalized spacial score (nSPS) is 15.2. The zero-order valence-electron chi connectivity index (χ0n) is 20.0. The summed E-state index contributed by atoms with van der Waals surface area (Å²) >= 11 is 0. The number of aromatic nitrogens is 1. The van der Waals surface area contributed by atoms with Gasteiger partial charge in [0, 0.05) is 37.0 Å².